The van der Waals surface area contributed by atoms with E-state index >= 15 is 0 Å². The fourth-order valence-corrected chi connectivity index (χ4v) is 4.29. The number of nitrogens with one attached hydrogen (secondary N) is 1. The average molecular weight is 369 g/mol. The lowest BCUT2D eigenvalue weighted by Crippen LogP contribution is -2.39. The standard InChI is InChI=1S/C20H24N4OS/c1-4-26-20-22-19-17(23-24-20)15-7-5-6-8-16(15)21-18(25-19)14-10-9-12(2)11-13(14)3/h5-9,13-14,18,21H,4,10-11H2,1-3H3/t13-,14+,18-/m1/s1. The van der Waals surface area contributed by atoms with Gasteiger partial charge in [-0.25, -0.2) is 0 Å². The van der Waals surface area contributed by atoms with Crippen LogP contribution in [0.25, 0.3) is 11.3 Å². The van der Waals surface area contributed by atoms with Crippen molar-refractivity contribution in [1.82, 2.24) is 15.2 Å². The third-order valence-electron chi connectivity index (χ3n) is 5.13. The molecule has 0 bridgehead atoms. The van der Waals surface area contributed by atoms with Crippen LogP contribution < -0.4 is 10.1 Å². The maximum atomic E-state index is 6.40. The lowest BCUT2D eigenvalue weighted by atomic mass is 9.80. The van der Waals surface area contributed by atoms with Gasteiger partial charge in [0.15, 0.2) is 11.9 Å². The van der Waals surface area contributed by atoms with Crippen molar-refractivity contribution >= 4 is 17.4 Å². The first kappa shape index (κ1) is 17.3. The Morgan fingerprint density at radius 2 is 2.12 bits per heavy atom. The normalized spacial score (nSPS) is 24.4. The summed E-state index contributed by atoms with van der Waals surface area (Å²) in [5.74, 6) is 2.42. The molecule has 2 aliphatic rings. The van der Waals surface area contributed by atoms with Gasteiger partial charge in [0, 0.05) is 17.2 Å². The topological polar surface area (TPSA) is 59.9 Å². The number of benzene rings is 1. The minimum Gasteiger partial charge on any atom is -0.452 e. The molecule has 4 rings (SSSR count). The van der Waals surface area contributed by atoms with Gasteiger partial charge in [0.05, 0.1) is 0 Å². The van der Waals surface area contributed by atoms with Crippen LogP contribution in [0.3, 0.4) is 0 Å². The third-order valence-corrected chi connectivity index (χ3v) is 5.85. The van der Waals surface area contributed by atoms with Gasteiger partial charge >= 0.3 is 0 Å². The molecule has 1 aliphatic heterocycles. The molecule has 1 aromatic heterocycles. The summed E-state index contributed by atoms with van der Waals surface area (Å²) in [5, 5.41) is 13.0. The molecule has 1 N–H and O–H groups in total. The van der Waals surface area contributed by atoms with E-state index in [-0.39, 0.29) is 6.23 Å². The first-order chi connectivity index (χ1) is 12.7. The van der Waals surface area contributed by atoms with Crippen LogP contribution in [0, 0.1) is 11.8 Å². The molecular weight excluding hydrogens is 344 g/mol. The number of para-hydroxylation sites is 1. The molecule has 2 heterocycles. The van der Waals surface area contributed by atoms with Crippen LogP contribution in [0.15, 0.2) is 41.1 Å². The predicted octanol–water partition coefficient (Wildman–Crippen LogP) is 4.77. The number of hydrogen-bond donors (Lipinski definition) is 1. The number of aromatic nitrogens is 3. The lowest BCUT2D eigenvalue weighted by Gasteiger charge is -2.34. The van der Waals surface area contributed by atoms with Crippen LogP contribution in [0.5, 0.6) is 5.88 Å². The Balaban J connectivity index is 1.75. The number of allylic oxidation sites excluding steroid dienone is 2. The molecule has 0 amide bonds. The second-order valence-electron chi connectivity index (χ2n) is 7.04. The summed E-state index contributed by atoms with van der Waals surface area (Å²) in [5.41, 5.74) is 4.20. The maximum Gasteiger partial charge on any atom is 0.247 e. The quantitative estimate of drug-likeness (QED) is 0.622. The van der Waals surface area contributed by atoms with E-state index in [4.69, 9.17) is 4.74 Å². The summed E-state index contributed by atoms with van der Waals surface area (Å²) in [6, 6.07) is 8.16. The van der Waals surface area contributed by atoms with E-state index in [1.54, 1.807) is 11.8 Å². The fraction of sp³-hybridized carbons (Fsp3) is 0.450. The second-order valence-corrected chi connectivity index (χ2v) is 8.27. The zero-order valence-corrected chi connectivity index (χ0v) is 16.2. The van der Waals surface area contributed by atoms with E-state index in [1.165, 1.54) is 5.57 Å². The number of ether oxygens (including phenoxy) is 1. The third kappa shape index (κ3) is 3.30. The molecule has 0 radical (unpaired) electrons. The molecule has 0 spiro atoms. The average Bonchev–Trinajstić information content (AvgIpc) is 2.78. The molecule has 0 saturated carbocycles. The van der Waals surface area contributed by atoms with Crippen molar-refractivity contribution in [3.8, 4) is 17.1 Å². The molecule has 3 atom stereocenters. The molecule has 5 nitrogen and oxygen atoms in total. The molecule has 26 heavy (non-hydrogen) atoms. The lowest BCUT2D eigenvalue weighted by molar-refractivity contribution is 0.114. The molecule has 136 valence electrons. The van der Waals surface area contributed by atoms with Gasteiger partial charge in [0.25, 0.3) is 0 Å². The van der Waals surface area contributed by atoms with Crippen LogP contribution >= 0.6 is 11.8 Å². The van der Waals surface area contributed by atoms with Gasteiger partial charge in [0.2, 0.25) is 11.0 Å². The predicted molar refractivity (Wildman–Crippen MR) is 105 cm³/mol. The van der Waals surface area contributed by atoms with E-state index in [9.17, 15) is 0 Å². The Bertz CT molecular complexity index is 838. The highest BCUT2D eigenvalue weighted by atomic mass is 32.2. The molecule has 0 unspecified atom stereocenters. The fourth-order valence-electron chi connectivity index (χ4n) is 3.79. The van der Waals surface area contributed by atoms with E-state index in [0.29, 0.717) is 28.6 Å². The molecule has 2 aromatic rings. The summed E-state index contributed by atoms with van der Waals surface area (Å²) in [4.78, 5) is 4.66. The summed E-state index contributed by atoms with van der Waals surface area (Å²) in [7, 11) is 0. The van der Waals surface area contributed by atoms with Crippen LogP contribution in [0.1, 0.15) is 33.6 Å². The van der Waals surface area contributed by atoms with E-state index in [0.717, 1.165) is 29.8 Å². The molecule has 1 aromatic carbocycles. The van der Waals surface area contributed by atoms with Gasteiger partial charge in [0.1, 0.15) is 0 Å². The number of hydrogen-bond acceptors (Lipinski definition) is 6. The second kappa shape index (κ2) is 7.27. The smallest absolute Gasteiger partial charge is 0.247 e. The number of fused-ring (bicyclic) bond motifs is 3. The molecule has 0 fully saturated rings. The largest absolute Gasteiger partial charge is 0.452 e. The summed E-state index contributed by atoms with van der Waals surface area (Å²) in [6.07, 6.45) is 4.33. The Hall–Kier alpha value is -2.08. The summed E-state index contributed by atoms with van der Waals surface area (Å²) < 4.78 is 6.40. The molecule has 0 saturated heterocycles. The number of nitrogens with zero attached hydrogens (tertiary/aromatic N) is 3. The van der Waals surface area contributed by atoms with E-state index < -0.39 is 0 Å². The van der Waals surface area contributed by atoms with Gasteiger partial charge in [-0.2, -0.15) is 4.98 Å². The SMILES string of the molecule is CCSc1nnc2c(n1)O[C@H]([C@H]1CC=C(C)C[C@H]1C)Nc1ccccc1-2. The first-order valence-electron chi connectivity index (χ1n) is 9.21. The number of anilines is 1. The zero-order chi connectivity index (χ0) is 18.1. The minimum absolute atomic E-state index is 0.132. The highest BCUT2D eigenvalue weighted by Gasteiger charge is 2.34. The summed E-state index contributed by atoms with van der Waals surface area (Å²) >= 11 is 1.58. The van der Waals surface area contributed by atoms with Crippen LogP contribution in [-0.4, -0.2) is 27.2 Å². The number of rotatable bonds is 3. The highest BCUT2D eigenvalue weighted by molar-refractivity contribution is 7.99. The molecular formula is C20H24N4OS. The van der Waals surface area contributed by atoms with Gasteiger partial charge in [-0.05, 0) is 37.5 Å². The van der Waals surface area contributed by atoms with Crippen molar-refractivity contribution in [3.63, 3.8) is 0 Å². The Labute approximate surface area is 158 Å². The van der Waals surface area contributed by atoms with Crippen molar-refractivity contribution in [2.75, 3.05) is 11.1 Å². The van der Waals surface area contributed by atoms with Crippen molar-refractivity contribution in [3.05, 3.63) is 35.9 Å². The zero-order valence-electron chi connectivity index (χ0n) is 15.4. The van der Waals surface area contributed by atoms with Crippen molar-refractivity contribution in [2.24, 2.45) is 11.8 Å². The van der Waals surface area contributed by atoms with Crippen LogP contribution in [0.2, 0.25) is 0 Å². The summed E-state index contributed by atoms with van der Waals surface area (Å²) in [6.45, 7) is 6.60. The van der Waals surface area contributed by atoms with Gasteiger partial charge in [-0.3, -0.25) is 0 Å². The van der Waals surface area contributed by atoms with Crippen molar-refractivity contribution in [1.29, 1.82) is 0 Å². The van der Waals surface area contributed by atoms with Crippen molar-refractivity contribution in [2.45, 2.75) is 45.0 Å². The highest BCUT2D eigenvalue weighted by Crippen LogP contribution is 2.40. The Morgan fingerprint density at radius 3 is 2.92 bits per heavy atom. The monoisotopic (exact) mass is 368 g/mol. The van der Waals surface area contributed by atoms with E-state index in [1.807, 2.05) is 18.2 Å². The van der Waals surface area contributed by atoms with Crippen LogP contribution in [-0.2, 0) is 0 Å². The van der Waals surface area contributed by atoms with E-state index in [2.05, 4.69) is 53.4 Å². The van der Waals surface area contributed by atoms with Crippen molar-refractivity contribution < 1.29 is 4.74 Å². The first-order valence-corrected chi connectivity index (χ1v) is 10.2. The Kier molecular flexibility index (Phi) is 4.85. The van der Waals surface area contributed by atoms with Gasteiger partial charge in [-0.1, -0.05) is 55.5 Å². The molecule has 1 aliphatic carbocycles. The van der Waals surface area contributed by atoms with Gasteiger partial charge < -0.3 is 10.1 Å². The van der Waals surface area contributed by atoms with Crippen LogP contribution in [0.4, 0.5) is 5.69 Å². The minimum atomic E-state index is -0.132. The number of thioether (sulfide) groups is 1. The van der Waals surface area contributed by atoms with Gasteiger partial charge in [-0.15, -0.1) is 10.2 Å². The maximum absolute atomic E-state index is 6.40. The molecule has 6 heteroatoms. The Morgan fingerprint density at radius 1 is 1.27 bits per heavy atom.